The highest BCUT2D eigenvalue weighted by molar-refractivity contribution is 9.10. The van der Waals surface area contributed by atoms with Gasteiger partial charge in [-0.3, -0.25) is 0 Å². The molecule has 0 saturated carbocycles. The number of alkyl halides is 3. The number of benzene rings is 2. The smallest absolute Gasteiger partial charge is 0.378 e. The molecule has 0 saturated heterocycles. The van der Waals surface area contributed by atoms with Crippen LogP contribution in [0.2, 0.25) is 5.02 Å². The van der Waals surface area contributed by atoms with Crippen molar-refractivity contribution in [2.45, 2.75) is 19.1 Å². The van der Waals surface area contributed by atoms with Crippen molar-refractivity contribution in [3.63, 3.8) is 0 Å². The Morgan fingerprint density at radius 3 is 2.24 bits per heavy atom. The molecule has 1 unspecified atom stereocenters. The Kier molecular flexibility index (Phi) is 4.84. The standard InChI is InChI=1S/C15H12BrClF3N/c1-9(21-14-7-6-12(17)8-13(14)16)10-2-4-11(5-3-10)15(18,19)20/h2-9,21H,1H3. The SMILES string of the molecule is CC(Nc1ccc(Cl)cc1Br)c1ccc(C(F)(F)F)cc1. The zero-order valence-electron chi connectivity index (χ0n) is 11.0. The molecule has 1 atom stereocenters. The molecule has 1 nitrogen and oxygen atoms in total. The van der Waals surface area contributed by atoms with Crippen LogP contribution in [0.3, 0.4) is 0 Å². The second-order valence-corrected chi connectivity index (χ2v) is 5.90. The molecule has 2 rings (SSSR count). The molecule has 0 aromatic heterocycles. The molecule has 0 amide bonds. The predicted octanol–water partition coefficient (Wildman–Crippen LogP) is 6.29. The van der Waals surface area contributed by atoms with Gasteiger partial charge in [-0.25, -0.2) is 0 Å². The molecule has 0 aliphatic rings. The normalized spacial score (nSPS) is 13.0. The second-order valence-electron chi connectivity index (χ2n) is 4.61. The maximum atomic E-state index is 12.5. The summed E-state index contributed by atoms with van der Waals surface area (Å²) in [6.07, 6.45) is -4.31. The molecular formula is C15H12BrClF3N. The Morgan fingerprint density at radius 2 is 1.71 bits per heavy atom. The van der Waals surface area contributed by atoms with Crippen molar-refractivity contribution in [3.05, 3.63) is 63.1 Å². The van der Waals surface area contributed by atoms with Gasteiger partial charge >= 0.3 is 6.18 Å². The van der Waals surface area contributed by atoms with E-state index in [0.29, 0.717) is 5.02 Å². The van der Waals surface area contributed by atoms with E-state index >= 15 is 0 Å². The molecule has 2 aromatic rings. The molecule has 0 fully saturated rings. The van der Waals surface area contributed by atoms with Crippen LogP contribution in [0.5, 0.6) is 0 Å². The van der Waals surface area contributed by atoms with Crippen LogP contribution in [0.1, 0.15) is 24.1 Å². The third-order valence-electron chi connectivity index (χ3n) is 3.04. The minimum absolute atomic E-state index is 0.134. The highest BCUT2D eigenvalue weighted by atomic mass is 79.9. The molecular weight excluding hydrogens is 367 g/mol. The van der Waals surface area contributed by atoms with Crippen molar-refractivity contribution in [2.75, 3.05) is 5.32 Å². The lowest BCUT2D eigenvalue weighted by molar-refractivity contribution is -0.137. The van der Waals surface area contributed by atoms with Crippen molar-refractivity contribution in [3.8, 4) is 0 Å². The summed E-state index contributed by atoms with van der Waals surface area (Å²) in [5.41, 5.74) is 0.947. The Hall–Kier alpha value is -1.20. The Balaban J connectivity index is 2.15. The van der Waals surface area contributed by atoms with E-state index < -0.39 is 11.7 Å². The van der Waals surface area contributed by atoms with Crippen LogP contribution in [0.15, 0.2) is 46.9 Å². The quantitative estimate of drug-likeness (QED) is 0.661. The summed E-state index contributed by atoms with van der Waals surface area (Å²) < 4.78 is 38.4. The first kappa shape index (κ1) is 16.2. The van der Waals surface area contributed by atoms with E-state index in [-0.39, 0.29) is 6.04 Å². The van der Waals surface area contributed by atoms with Crippen LogP contribution >= 0.6 is 27.5 Å². The largest absolute Gasteiger partial charge is 0.416 e. The van der Waals surface area contributed by atoms with Crippen LogP contribution in [0.25, 0.3) is 0 Å². The van der Waals surface area contributed by atoms with Gasteiger partial charge in [0.2, 0.25) is 0 Å². The molecule has 2 aromatic carbocycles. The van der Waals surface area contributed by atoms with Gasteiger partial charge in [0, 0.05) is 21.2 Å². The monoisotopic (exact) mass is 377 g/mol. The molecule has 0 aliphatic heterocycles. The molecule has 0 aliphatic carbocycles. The van der Waals surface area contributed by atoms with Gasteiger partial charge in [-0.2, -0.15) is 13.2 Å². The minimum Gasteiger partial charge on any atom is -0.378 e. The zero-order chi connectivity index (χ0) is 15.6. The first-order chi connectivity index (χ1) is 9.77. The first-order valence-electron chi connectivity index (χ1n) is 6.16. The van der Waals surface area contributed by atoms with Crippen LogP contribution < -0.4 is 5.32 Å². The summed E-state index contributed by atoms with van der Waals surface area (Å²) in [7, 11) is 0. The number of anilines is 1. The molecule has 21 heavy (non-hydrogen) atoms. The molecule has 0 radical (unpaired) electrons. The van der Waals surface area contributed by atoms with Gasteiger partial charge in [-0.05, 0) is 58.7 Å². The molecule has 112 valence electrons. The van der Waals surface area contributed by atoms with Crippen molar-refractivity contribution in [1.29, 1.82) is 0 Å². The predicted molar refractivity (Wildman–Crippen MR) is 82.6 cm³/mol. The molecule has 1 N–H and O–H groups in total. The third kappa shape index (κ3) is 4.14. The first-order valence-corrected chi connectivity index (χ1v) is 7.33. The zero-order valence-corrected chi connectivity index (χ0v) is 13.4. The number of rotatable bonds is 3. The summed E-state index contributed by atoms with van der Waals surface area (Å²) in [5, 5.41) is 3.83. The van der Waals surface area contributed by atoms with Crippen molar-refractivity contribution >= 4 is 33.2 Å². The van der Waals surface area contributed by atoms with E-state index in [9.17, 15) is 13.2 Å². The maximum Gasteiger partial charge on any atom is 0.416 e. The van der Waals surface area contributed by atoms with E-state index in [0.717, 1.165) is 27.9 Å². The van der Waals surface area contributed by atoms with E-state index in [2.05, 4.69) is 21.2 Å². The molecule has 0 spiro atoms. The third-order valence-corrected chi connectivity index (χ3v) is 3.93. The Bertz CT molecular complexity index is 626. The lowest BCUT2D eigenvalue weighted by Gasteiger charge is -2.18. The number of nitrogens with one attached hydrogen (secondary N) is 1. The molecule has 6 heteroatoms. The average molecular weight is 379 g/mol. The summed E-state index contributed by atoms with van der Waals surface area (Å²) in [5.74, 6) is 0. The van der Waals surface area contributed by atoms with E-state index in [1.165, 1.54) is 12.1 Å². The summed E-state index contributed by atoms with van der Waals surface area (Å²) in [4.78, 5) is 0. The summed E-state index contributed by atoms with van der Waals surface area (Å²) >= 11 is 9.26. The fourth-order valence-corrected chi connectivity index (χ4v) is 2.68. The van der Waals surface area contributed by atoms with Crippen molar-refractivity contribution < 1.29 is 13.2 Å². The Labute approximate surface area is 134 Å². The van der Waals surface area contributed by atoms with Crippen LogP contribution in [-0.2, 0) is 6.18 Å². The van der Waals surface area contributed by atoms with Crippen molar-refractivity contribution in [2.24, 2.45) is 0 Å². The Morgan fingerprint density at radius 1 is 1.10 bits per heavy atom. The van der Waals surface area contributed by atoms with Gasteiger partial charge in [-0.15, -0.1) is 0 Å². The maximum absolute atomic E-state index is 12.5. The van der Waals surface area contributed by atoms with Gasteiger partial charge < -0.3 is 5.32 Å². The molecule has 0 heterocycles. The van der Waals surface area contributed by atoms with Crippen LogP contribution in [-0.4, -0.2) is 0 Å². The molecule has 0 bridgehead atoms. The van der Waals surface area contributed by atoms with E-state index in [4.69, 9.17) is 11.6 Å². The lowest BCUT2D eigenvalue weighted by Crippen LogP contribution is -2.09. The topological polar surface area (TPSA) is 12.0 Å². The van der Waals surface area contributed by atoms with Gasteiger partial charge in [0.15, 0.2) is 0 Å². The van der Waals surface area contributed by atoms with Gasteiger partial charge in [0.05, 0.1) is 5.56 Å². The number of halogens is 5. The highest BCUT2D eigenvalue weighted by Crippen LogP contribution is 2.32. The van der Waals surface area contributed by atoms with E-state index in [1.807, 2.05) is 13.0 Å². The minimum atomic E-state index is -4.31. The number of hydrogen-bond donors (Lipinski definition) is 1. The van der Waals surface area contributed by atoms with Gasteiger partial charge in [0.1, 0.15) is 0 Å². The number of hydrogen-bond acceptors (Lipinski definition) is 1. The van der Waals surface area contributed by atoms with Crippen LogP contribution in [0.4, 0.5) is 18.9 Å². The van der Waals surface area contributed by atoms with E-state index in [1.54, 1.807) is 12.1 Å². The van der Waals surface area contributed by atoms with Crippen molar-refractivity contribution in [1.82, 2.24) is 0 Å². The summed E-state index contributed by atoms with van der Waals surface area (Å²) in [6.45, 7) is 1.88. The highest BCUT2D eigenvalue weighted by Gasteiger charge is 2.30. The fraction of sp³-hybridized carbons (Fsp3) is 0.200. The fourth-order valence-electron chi connectivity index (χ4n) is 1.88. The average Bonchev–Trinajstić information content (AvgIpc) is 2.41. The van der Waals surface area contributed by atoms with Gasteiger partial charge in [0.25, 0.3) is 0 Å². The van der Waals surface area contributed by atoms with Gasteiger partial charge in [-0.1, -0.05) is 23.7 Å². The van der Waals surface area contributed by atoms with Crippen LogP contribution in [0, 0.1) is 0 Å². The summed E-state index contributed by atoms with van der Waals surface area (Å²) in [6, 6.07) is 10.3. The lowest BCUT2D eigenvalue weighted by atomic mass is 10.1. The second kappa shape index (κ2) is 6.28.